The summed E-state index contributed by atoms with van der Waals surface area (Å²) >= 11 is 1.49. The first-order chi connectivity index (χ1) is 11.1. The molecule has 0 fully saturated rings. The lowest BCUT2D eigenvalue weighted by atomic mass is 9.86. The molecule has 1 aliphatic heterocycles. The average Bonchev–Trinajstić information content (AvgIpc) is 2.52. The van der Waals surface area contributed by atoms with Crippen LogP contribution >= 0.6 is 11.8 Å². The molecule has 1 aliphatic rings. The number of hydrogen-bond acceptors (Lipinski definition) is 4. The van der Waals surface area contributed by atoms with Crippen LogP contribution < -0.4 is 10.9 Å². The smallest absolute Gasteiger partial charge is 0.257 e. The second-order valence-corrected chi connectivity index (χ2v) is 6.78. The Morgan fingerprint density at radius 3 is 2.70 bits per heavy atom. The molecule has 5 nitrogen and oxygen atoms in total. The lowest BCUT2D eigenvalue weighted by Gasteiger charge is -2.24. The number of amides is 1. The van der Waals surface area contributed by atoms with E-state index in [-0.39, 0.29) is 23.8 Å². The van der Waals surface area contributed by atoms with Crippen LogP contribution in [0.2, 0.25) is 0 Å². The summed E-state index contributed by atoms with van der Waals surface area (Å²) in [4.78, 5) is 31.9. The van der Waals surface area contributed by atoms with Gasteiger partial charge in [-0.25, -0.2) is 4.98 Å². The maximum Gasteiger partial charge on any atom is 0.257 e. The van der Waals surface area contributed by atoms with Crippen molar-refractivity contribution in [3.8, 4) is 0 Å². The zero-order valence-corrected chi connectivity index (χ0v) is 14.0. The van der Waals surface area contributed by atoms with E-state index in [0.717, 1.165) is 23.3 Å². The predicted octanol–water partition coefficient (Wildman–Crippen LogP) is 3.05. The third-order valence-electron chi connectivity index (χ3n) is 3.85. The van der Waals surface area contributed by atoms with Crippen LogP contribution in [-0.2, 0) is 4.79 Å². The lowest BCUT2D eigenvalue weighted by molar-refractivity contribution is -0.116. The van der Waals surface area contributed by atoms with Gasteiger partial charge in [-0.1, -0.05) is 48.5 Å². The quantitative estimate of drug-likeness (QED) is 0.668. The number of carbonyl (C=O) groups is 1. The first kappa shape index (κ1) is 15.8. The van der Waals surface area contributed by atoms with Gasteiger partial charge in [-0.05, 0) is 18.9 Å². The van der Waals surface area contributed by atoms with Gasteiger partial charge in [0.25, 0.3) is 5.56 Å². The van der Waals surface area contributed by atoms with Gasteiger partial charge in [0.1, 0.15) is 5.82 Å². The van der Waals surface area contributed by atoms with Crippen LogP contribution in [0.5, 0.6) is 0 Å². The van der Waals surface area contributed by atoms with Crippen molar-refractivity contribution < 1.29 is 4.79 Å². The van der Waals surface area contributed by atoms with E-state index in [9.17, 15) is 9.59 Å². The fourth-order valence-corrected chi connectivity index (χ4v) is 3.42. The van der Waals surface area contributed by atoms with Gasteiger partial charge in [0.15, 0.2) is 5.16 Å². The SMILES string of the molecule is CCCSc1nc2c(c(=O)[nH]1)C(c1ccc(C)cc1)CC(=O)N2. The Kier molecular flexibility index (Phi) is 4.52. The molecule has 2 aromatic rings. The highest BCUT2D eigenvalue weighted by Gasteiger charge is 2.30. The summed E-state index contributed by atoms with van der Waals surface area (Å²) < 4.78 is 0. The molecule has 6 heteroatoms. The average molecular weight is 329 g/mol. The molecule has 1 unspecified atom stereocenters. The predicted molar refractivity (Wildman–Crippen MR) is 92.1 cm³/mol. The molecular formula is C17H19N3O2S. The molecule has 0 saturated heterocycles. The van der Waals surface area contributed by atoms with E-state index in [4.69, 9.17) is 0 Å². The first-order valence-corrected chi connectivity index (χ1v) is 8.70. The molecule has 0 spiro atoms. The number of benzene rings is 1. The topological polar surface area (TPSA) is 74.8 Å². The van der Waals surface area contributed by atoms with E-state index in [1.165, 1.54) is 11.8 Å². The van der Waals surface area contributed by atoms with Crippen molar-refractivity contribution in [2.75, 3.05) is 11.1 Å². The van der Waals surface area contributed by atoms with Gasteiger partial charge in [-0.15, -0.1) is 0 Å². The van der Waals surface area contributed by atoms with Crippen molar-refractivity contribution in [2.45, 2.75) is 37.8 Å². The molecular weight excluding hydrogens is 310 g/mol. The highest BCUT2D eigenvalue weighted by Crippen LogP contribution is 2.34. The van der Waals surface area contributed by atoms with Crippen LogP contribution in [0.15, 0.2) is 34.2 Å². The summed E-state index contributed by atoms with van der Waals surface area (Å²) in [5.41, 5.74) is 2.49. The summed E-state index contributed by atoms with van der Waals surface area (Å²) in [6.07, 6.45) is 1.26. The third-order valence-corrected chi connectivity index (χ3v) is 4.93. The number of fused-ring (bicyclic) bond motifs is 1. The Morgan fingerprint density at radius 1 is 1.26 bits per heavy atom. The van der Waals surface area contributed by atoms with E-state index in [2.05, 4.69) is 22.2 Å². The van der Waals surface area contributed by atoms with Crippen LogP contribution in [0.25, 0.3) is 0 Å². The fourth-order valence-electron chi connectivity index (χ4n) is 2.70. The van der Waals surface area contributed by atoms with Gasteiger partial charge in [0.05, 0.1) is 5.56 Å². The van der Waals surface area contributed by atoms with Crippen molar-refractivity contribution in [3.63, 3.8) is 0 Å². The molecule has 0 radical (unpaired) electrons. The minimum Gasteiger partial charge on any atom is -0.310 e. The van der Waals surface area contributed by atoms with Crippen LogP contribution in [0, 0.1) is 6.92 Å². The lowest BCUT2D eigenvalue weighted by Crippen LogP contribution is -2.31. The number of nitrogens with zero attached hydrogens (tertiary/aromatic N) is 1. The molecule has 0 aliphatic carbocycles. The van der Waals surface area contributed by atoms with Gasteiger partial charge >= 0.3 is 0 Å². The standard InChI is InChI=1S/C17H19N3O2S/c1-3-8-23-17-19-15-14(16(22)20-17)12(9-13(21)18-15)11-6-4-10(2)5-7-11/h4-7,12H,3,8-9H2,1-2H3,(H2,18,19,20,21,22). The van der Waals surface area contributed by atoms with Crippen LogP contribution in [-0.4, -0.2) is 21.6 Å². The normalized spacial score (nSPS) is 16.8. The van der Waals surface area contributed by atoms with Crippen molar-refractivity contribution >= 4 is 23.5 Å². The second kappa shape index (κ2) is 6.58. The Labute approximate surface area is 138 Å². The van der Waals surface area contributed by atoms with E-state index < -0.39 is 0 Å². The monoisotopic (exact) mass is 329 g/mol. The minimum atomic E-state index is -0.249. The molecule has 0 saturated carbocycles. The van der Waals surface area contributed by atoms with E-state index >= 15 is 0 Å². The van der Waals surface area contributed by atoms with E-state index in [1.54, 1.807) is 0 Å². The number of aromatic nitrogens is 2. The van der Waals surface area contributed by atoms with E-state index in [0.29, 0.717) is 16.5 Å². The molecule has 3 rings (SSSR count). The van der Waals surface area contributed by atoms with Gasteiger partial charge in [-0.2, -0.15) is 0 Å². The zero-order valence-electron chi connectivity index (χ0n) is 13.2. The van der Waals surface area contributed by atoms with Crippen molar-refractivity contribution in [1.82, 2.24) is 9.97 Å². The number of anilines is 1. The molecule has 2 heterocycles. The number of aromatic amines is 1. The molecule has 1 aromatic heterocycles. The summed E-state index contributed by atoms with van der Waals surface area (Å²) in [5, 5.41) is 3.30. The Hall–Kier alpha value is -2.08. The maximum atomic E-state index is 12.5. The highest BCUT2D eigenvalue weighted by atomic mass is 32.2. The van der Waals surface area contributed by atoms with Crippen LogP contribution in [0.3, 0.4) is 0 Å². The van der Waals surface area contributed by atoms with Crippen LogP contribution in [0.4, 0.5) is 5.82 Å². The Balaban J connectivity index is 2.05. The number of H-pyrrole nitrogens is 1. The van der Waals surface area contributed by atoms with Crippen LogP contribution in [0.1, 0.15) is 42.4 Å². The summed E-state index contributed by atoms with van der Waals surface area (Å²) in [6, 6.07) is 7.94. The highest BCUT2D eigenvalue weighted by molar-refractivity contribution is 7.99. The molecule has 1 atom stereocenters. The Bertz CT molecular complexity index is 783. The van der Waals surface area contributed by atoms with Gasteiger partial charge in [0.2, 0.25) is 5.91 Å². The minimum absolute atomic E-state index is 0.104. The third kappa shape index (κ3) is 3.32. The van der Waals surface area contributed by atoms with Gasteiger partial charge in [-0.3, -0.25) is 9.59 Å². The largest absolute Gasteiger partial charge is 0.310 e. The number of rotatable bonds is 4. The number of thioether (sulfide) groups is 1. The molecule has 23 heavy (non-hydrogen) atoms. The zero-order chi connectivity index (χ0) is 16.4. The first-order valence-electron chi connectivity index (χ1n) is 7.72. The number of carbonyl (C=O) groups excluding carboxylic acids is 1. The maximum absolute atomic E-state index is 12.5. The molecule has 2 N–H and O–H groups in total. The van der Waals surface area contributed by atoms with Gasteiger partial charge in [0, 0.05) is 18.1 Å². The van der Waals surface area contributed by atoms with Crippen molar-refractivity contribution in [1.29, 1.82) is 0 Å². The summed E-state index contributed by atoms with van der Waals surface area (Å²) in [5.74, 6) is 0.916. The number of nitrogens with one attached hydrogen (secondary N) is 2. The summed E-state index contributed by atoms with van der Waals surface area (Å²) in [7, 11) is 0. The number of hydrogen-bond donors (Lipinski definition) is 2. The van der Waals surface area contributed by atoms with Gasteiger partial charge < -0.3 is 10.3 Å². The second-order valence-electron chi connectivity index (χ2n) is 5.70. The molecule has 120 valence electrons. The number of aryl methyl sites for hydroxylation is 1. The molecule has 1 amide bonds. The molecule has 1 aromatic carbocycles. The van der Waals surface area contributed by atoms with Crippen molar-refractivity contribution in [2.24, 2.45) is 0 Å². The van der Waals surface area contributed by atoms with E-state index in [1.807, 2.05) is 31.2 Å². The Morgan fingerprint density at radius 2 is 2.00 bits per heavy atom. The fraction of sp³-hybridized carbons (Fsp3) is 0.353. The molecule has 0 bridgehead atoms. The van der Waals surface area contributed by atoms with Crippen molar-refractivity contribution in [3.05, 3.63) is 51.3 Å². The summed E-state index contributed by atoms with van der Waals surface area (Å²) in [6.45, 7) is 4.08.